The molecule has 0 radical (unpaired) electrons. The molecule has 1 N–H and O–H groups in total. The molecule has 5 heteroatoms. The number of amides is 1. The molecule has 1 atom stereocenters. The van der Waals surface area contributed by atoms with Gasteiger partial charge in [0.25, 0.3) is 5.91 Å². The smallest absolute Gasteiger partial charge is 0.270 e. The number of aliphatic hydroxyl groups excluding tert-OH is 1. The van der Waals surface area contributed by atoms with Crippen LogP contribution in [0.5, 0.6) is 0 Å². The average Bonchev–Trinajstić information content (AvgIpc) is 2.99. The first kappa shape index (κ1) is 17.0. The van der Waals surface area contributed by atoms with Crippen LogP contribution in [0.25, 0.3) is 10.9 Å². The standard InChI is InChI=1S/C19H26N2O3/c1-24-13-11-21-17-8-3-2-6-15(17)14-18(21)19(23)20-10-5-4-7-16(20)9-12-22/h2-3,6,8,14,16,22H,4-5,7,9-13H2,1H3. The lowest BCUT2D eigenvalue weighted by Gasteiger charge is -2.35. The van der Waals surface area contributed by atoms with Gasteiger partial charge in [0.15, 0.2) is 0 Å². The van der Waals surface area contributed by atoms with Crippen molar-refractivity contribution in [3.8, 4) is 0 Å². The zero-order valence-electron chi connectivity index (χ0n) is 14.3. The van der Waals surface area contributed by atoms with E-state index in [1.807, 2.05) is 35.2 Å². The van der Waals surface area contributed by atoms with Gasteiger partial charge in [-0.25, -0.2) is 0 Å². The first-order valence-corrected chi connectivity index (χ1v) is 8.75. The van der Waals surface area contributed by atoms with Gasteiger partial charge >= 0.3 is 0 Å². The molecule has 0 saturated carbocycles. The van der Waals surface area contributed by atoms with E-state index >= 15 is 0 Å². The summed E-state index contributed by atoms with van der Waals surface area (Å²) in [6.45, 7) is 2.12. The van der Waals surface area contributed by atoms with Crippen LogP contribution in [0.3, 0.4) is 0 Å². The molecule has 1 fully saturated rings. The van der Waals surface area contributed by atoms with Gasteiger partial charge in [0.2, 0.25) is 0 Å². The van der Waals surface area contributed by atoms with Gasteiger partial charge in [0, 0.05) is 43.8 Å². The minimum Gasteiger partial charge on any atom is -0.396 e. The number of rotatable bonds is 6. The number of likely N-dealkylation sites (tertiary alicyclic amines) is 1. The number of ether oxygens (including phenoxy) is 1. The van der Waals surface area contributed by atoms with E-state index in [9.17, 15) is 9.90 Å². The lowest BCUT2D eigenvalue weighted by Crippen LogP contribution is -2.44. The van der Waals surface area contributed by atoms with E-state index in [1.165, 1.54) is 0 Å². The maximum Gasteiger partial charge on any atom is 0.270 e. The number of para-hydroxylation sites is 1. The molecule has 1 aromatic heterocycles. The number of piperidine rings is 1. The van der Waals surface area contributed by atoms with Crippen LogP contribution in [0.4, 0.5) is 0 Å². The second kappa shape index (κ2) is 7.81. The number of hydrogen-bond acceptors (Lipinski definition) is 3. The Morgan fingerprint density at radius 1 is 1.33 bits per heavy atom. The highest BCUT2D eigenvalue weighted by Gasteiger charge is 2.29. The number of hydrogen-bond donors (Lipinski definition) is 1. The number of fused-ring (bicyclic) bond motifs is 1. The monoisotopic (exact) mass is 330 g/mol. The molecule has 3 rings (SSSR count). The lowest BCUT2D eigenvalue weighted by molar-refractivity contribution is 0.0562. The SMILES string of the molecule is COCCn1c(C(=O)N2CCCCC2CCO)cc2ccccc21. The summed E-state index contributed by atoms with van der Waals surface area (Å²) in [4.78, 5) is 15.2. The van der Waals surface area contributed by atoms with Gasteiger partial charge in [-0.05, 0) is 37.8 Å². The van der Waals surface area contributed by atoms with E-state index < -0.39 is 0 Å². The van der Waals surface area contributed by atoms with Crippen molar-refractivity contribution in [2.75, 3.05) is 26.9 Å². The number of methoxy groups -OCH3 is 1. The summed E-state index contributed by atoms with van der Waals surface area (Å²) in [6, 6.07) is 10.2. The summed E-state index contributed by atoms with van der Waals surface area (Å²) in [5.74, 6) is 0.0699. The fraction of sp³-hybridized carbons (Fsp3) is 0.526. The van der Waals surface area contributed by atoms with Crippen LogP contribution in [-0.4, -0.2) is 53.4 Å². The Morgan fingerprint density at radius 3 is 2.96 bits per heavy atom. The molecule has 130 valence electrons. The summed E-state index contributed by atoms with van der Waals surface area (Å²) >= 11 is 0. The Labute approximate surface area is 142 Å². The summed E-state index contributed by atoms with van der Waals surface area (Å²) in [7, 11) is 1.68. The Morgan fingerprint density at radius 2 is 2.17 bits per heavy atom. The predicted molar refractivity (Wildman–Crippen MR) is 94.2 cm³/mol. The molecule has 2 heterocycles. The predicted octanol–water partition coefficient (Wildman–Crippen LogP) is 2.66. The van der Waals surface area contributed by atoms with Crippen molar-refractivity contribution in [2.45, 2.75) is 38.3 Å². The van der Waals surface area contributed by atoms with Crippen molar-refractivity contribution < 1.29 is 14.6 Å². The maximum atomic E-state index is 13.2. The van der Waals surface area contributed by atoms with Gasteiger partial charge in [-0.1, -0.05) is 18.2 Å². The fourth-order valence-corrected chi connectivity index (χ4v) is 3.68. The number of aromatic nitrogens is 1. The van der Waals surface area contributed by atoms with Gasteiger partial charge in [-0.2, -0.15) is 0 Å². The molecule has 1 saturated heterocycles. The van der Waals surface area contributed by atoms with Gasteiger partial charge < -0.3 is 19.3 Å². The number of carbonyl (C=O) groups is 1. The third-order valence-corrected chi connectivity index (χ3v) is 4.90. The van der Waals surface area contributed by atoms with E-state index in [2.05, 4.69) is 4.57 Å². The first-order valence-electron chi connectivity index (χ1n) is 8.75. The molecule has 1 aromatic carbocycles. The zero-order chi connectivity index (χ0) is 16.9. The molecule has 2 aromatic rings. The van der Waals surface area contributed by atoms with Gasteiger partial charge in [-0.3, -0.25) is 4.79 Å². The van der Waals surface area contributed by atoms with Crippen molar-refractivity contribution in [1.82, 2.24) is 9.47 Å². The van der Waals surface area contributed by atoms with Crippen molar-refractivity contribution >= 4 is 16.8 Å². The maximum absolute atomic E-state index is 13.2. The molecular formula is C19H26N2O3. The van der Waals surface area contributed by atoms with Gasteiger partial charge in [-0.15, -0.1) is 0 Å². The molecular weight excluding hydrogens is 304 g/mol. The number of nitrogens with zero attached hydrogens (tertiary/aromatic N) is 2. The van der Waals surface area contributed by atoms with Crippen LogP contribution in [-0.2, 0) is 11.3 Å². The van der Waals surface area contributed by atoms with Crippen LogP contribution in [0.2, 0.25) is 0 Å². The Hall–Kier alpha value is -1.85. The van der Waals surface area contributed by atoms with E-state index in [0.717, 1.165) is 42.4 Å². The van der Waals surface area contributed by atoms with Crippen LogP contribution in [0, 0.1) is 0 Å². The number of aliphatic hydroxyl groups is 1. The van der Waals surface area contributed by atoms with Crippen LogP contribution in [0.1, 0.15) is 36.2 Å². The lowest BCUT2D eigenvalue weighted by atomic mass is 9.99. The molecule has 5 nitrogen and oxygen atoms in total. The van der Waals surface area contributed by atoms with Gasteiger partial charge in [0.05, 0.1) is 6.61 Å². The largest absolute Gasteiger partial charge is 0.396 e. The second-order valence-corrected chi connectivity index (χ2v) is 6.39. The average molecular weight is 330 g/mol. The minimum absolute atomic E-state index is 0.0699. The molecule has 1 amide bonds. The molecule has 0 bridgehead atoms. The molecule has 1 aliphatic rings. The Balaban J connectivity index is 1.95. The minimum atomic E-state index is 0.0699. The summed E-state index contributed by atoms with van der Waals surface area (Å²) in [6.07, 6.45) is 3.79. The van der Waals surface area contributed by atoms with Gasteiger partial charge in [0.1, 0.15) is 5.69 Å². The summed E-state index contributed by atoms with van der Waals surface area (Å²) in [5.41, 5.74) is 1.78. The fourth-order valence-electron chi connectivity index (χ4n) is 3.68. The van der Waals surface area contributed by atoms with E-state index in [1.54, 1.807) is 7.11 Å². The normalized spacial score (nSPS) is 18.2. The summed E-state index contributed by atoms with van der Waals surface area (Å²) in [5, 5.41) is 10.4. The van der Waals surface area contributed by atoms with Crippen LogP contribution < -0.4 is 0 Å². The topological polar surface area (TPSA) is 54.7 Å². The van der Waals surface area contributed by atoms with Crippen molar-refractivity contribution in [1.29, 1.82) is 0 Å². The van der Waals surface area contributed by atoms with Crippen LogP contribution >= 0.6 is 0 Å². The summed E-state index contributed by atoms with van der Waals surface area (Å²) < 4.78 is 7.29. The van der Waals surface area contributed by atoms with Crippen molar-refractivity contribution in [3.63, 3.8) is 0 Å². The van der Waals surface area contributed by atoms with E-state index in [4.69, 9.17) is 4.74 Å². The molecule has 0 aliphatic carbocycles. The first-order chi connectivity index (χ1) is 11.8. The highest BCUT2D eigenvalue weighted by molar-refractivity contribution is 5.99. The highest BCUT2D eigenvalue weighted by Crippen LogP contribution is 2.25. The highest BCUT2D eigenvalue weighted by atomic mass is 16.5. The molecule has 24 heavy (non-hydrogen) atoms. The zero-order valence-corrected chi connectivity index (χ0v) is 14.3. The third-order valence-electron chi connectivity index (χ3n) is 4.90. The van der Waals surface area contributed by atoms with E-state index in [-0.39, 0.29) is 18.6 Å². The second-order valence-electron chi connectivity index (χ2n) is 6.39. The quantitative estimate of drug-likeness (QED) is 0.886. The Kier molecular flexibility index (Phi) is 5.53. The van der Waals surface area contributed by atoms with Crippen molar-refractivity contribution in [2.24, 2.45) is 0 Å². The molecule has 1 unspecified atom stereocenters. The van der Waals surface area contributed by atoms with Crippen LogP contribution in [0.15, 0.2) is 30.3 Å². The molecule has 0 spiro atoms. The Bertz CT molecular complexity index is 693. The molecule has 1 aliphatic heterocycles. The van der Waals surface area contributed by atoms with Crippen molar-refractivity contribution in [3.05, 3.63) is 36.0 Å². The number of benzene rings is 1. The third kappa shape index (κ3) is 3.32. The number of carbonyl (C=O) groups excluding carboxylic acids is 1. The van der Waals surface area contributed by atoms with E-state index in [0.29, 0.717) is 19.6 Å².